The first kappa shape index (κ1) is 16.7. The van der Waals surface area contributed by atoms with Gasteiger partial charge in [-0.3, -0.25) is 0 Å². The number of hydrogen-bond donors (Lipinski definition) is 2. The molecule has 0 rings (SSSR count). The fourth-order valence-electron chi connectivity index (χ4n) is 0.949. The molecule has 0 bridgehead atoms. The Bertz CT molecular complexity index is 260. The van der Waals surface area contributed by atoms with Gasteiger partial charge in [-0.15, -0.1) is 0 Å². The molecule has 0 heterocycles. The van der Waals surface area contributed by atoms with Crippen LogP contribution in [0.25, 0.3) is 0 Å². The number of rotatable bonds is 8. The molecule has 0 saturated carbocycles. The van der Waals surface area contributed by atoms with Gasteiger partial charge in [0.25, 0.3) is 0 Å². The molecule has 0 atom stereocenters. The fourth-order valence-corrected chi connectivity index (χ4v) is 0.949. The Balaban J connectivity index is 3.30. The van der Waals surface area contributed by atoms with Crippen molar-refractivity contribution in [1.82, 2.24) is 5.32 Å². The first-order valence-electron chi connectivity index (χ1n) is 5.80. The molecule has 0 aromatic heterocycles. The predicted molar refractivity (Wildman–Crippen MR) is 67.6 cm³/mol. The summed E-state index contributed by atoms with van der Waals surface area (Å²) in [5, 5.41) is 11.3. The summed E-state index contributed by atoms with van der Waals surface area (Å²) in [5.74, 6) is -0.0124. The van der Waals surface area contributed by atoms with E-state index in [1.807, 2.05) is 0 Å². The van der Waals surface area contributed by atoms with Crippen LogP contribution in [0.15, 0.2) is 12.3 Å². The standard InChI is InChI=1S/C12H23NO5/c1-10(14)9-17-8-7-16-6-5-13-11(15)18-12(2,3)4/h14H,1,5-9H2,2-4H3,(H,13,15). The zero-order chi connectivity index (χ0) is 14.0. The Morgan fingerprint density at radius 3 is 2.39 bits per heavy atom. The average molecular weight is 261 g/mol. The number of hydrogen-bond acceptors (Lipinski definition) is 5. The van der Waals surface area contributed by atoms with Crippen LogP contribution in [0.2, 0.25) is 0 Å². The summed E-state index contributed by atoms with van der Waals surface area (Å²) in [6, 6.07) is 0. The van der Waals surface area contributed by atoms with Gasteiger partial charge in [0.2, 0.25) is 0 Å². The lowest BCUT2D eigenvalue weighted by molar-refractivity contribution is 0.0398. The van der Waals surface area contributed by atoms with Gasteiger partial charge in [0.05, 0.1) is 19.8 Å². The topological polar surface area (TPSA) is 77.0 Å². The minimum atomic E-state index is -0.495. The minimum Gasteiger partial charge on any atom is -0.510 e. The largest absolute Gasteiger partial charge is 0.510 e. The quantitative estimate of drug-likeness (QED) is 0.513. The Morgan fingerprint density at radius 1 is 1.22 bits per heavy atom. The lowest BCUT2D eigenvalue weighted by Crippen LogP contribution is -2.34. The first-order valence-corrected chi connectivity index (χ1v) is 5.80. The number of ether oxygens (including phenoxy) is 3. The Morgan fingerprint density at radius 2 is 1.83 bits per heavy atom. The van der Waals surface area contributed by atoms with E-state index in [9.17, 15) is 4.79 Å². The lowest BCUT2D eigenvalue weighted by Gasteiger charge is -2.19. The zero-order valence-corrected chi connectivity index (χ0v) is 11.3. The smallest absolute Gasteiger partial charge is 0.407 e. The van der Waals surface area contributed by atoms with Crippen molar-refractivity contribution in [2.75, 3.05) is 33.0 Å². The molecular weight excluding hydrogens is 238 g/mol. The number of amides is 1. The molecule has 0 radical (unpaired) electrons. The van der Waals surface area contributed by atoms with Crippen molar-refractivity contribution in [3.8, 4) is 0 Å². The molecule has 0 saturated heterocycles. The lowest BCUT2D eigenvalue weighted by atomic mass is 10.2. The Labute approximate surface area is 108 Å². The second-order valence-electron chi connectivity index (χ2n) is 4.66. The van der Waals surface area contributed by atoms with E-state index in [-0.39, 0.29) is 12.4 Å². The zero-order valence-electron chi connectivity index (χ0n) is 11.3. The van der Waals surface area contributed by atoms with E-state index < -0.39 is 11.7 Å². The molecule has 106 valence electrons. The normalized spacial score (nSPS) is 11.1. The maximum absolute atomic E-state index is 11.2. The highest BCUT2D eigenvalue weighted by Gasteiger charge is 2.15. The van der Waals surface area contributed by atoms with Gasteiger partial charge >= 0.3 is 6.09 Å². The highest BCUT2D eigenvalue weighted by atomic mass is 16.6. The monoisotopic (exact) mass is 261 g/mol. The summed E-state index contributed by atoms with van der Waals surface area (Å²) in [4.78, 5) is 11.2. The molecule has 6 nitrogen and oxygen atoms in total. The molecule has 0 unspecified atom stereocenters. The maximum atomic E-state index is 11.2. The molecule has 0 aliphatic rings. The van der Waals surface area contributed by atoms with Crippen molar-refractivity contribution in [2.24, 2.45) is 0 Å². The number of nitrogens with one attached hydrogen (secondary N) is 1. The van der Waals surface area contributed by atoms with Crippen molar-refractivity contribution < 1.29 is 24.1 Å². The van der Waals surface area contributed by atoms with Crippen LogP contribution >= 0.6 is 0 Å². The molecule has 1 amide bonds. The van der Waals surface area contributed by atoms with E-state index >= 15 is 0 Å². The van der Waals surface area contributed by atoms with Crippen LogP contribution in [0.5, 0.6) is 0 Å². The summed E-state index contributed by atoms with van der Waals surface area (Å²) < 4.78 is 15.2. The second-order valence-corrected chi connectivity index (χ2v) is 4.66. The van der Waals surface area contributed by atoms with E-state index in [1.165, 1.54) is 0 Å². The third-order valence-electron chi connectivity index (χ3n) is 1.56. The molecule has 0 fully saturated rings. The van der Waals surface area contributed by atoms with E-state index in [1.54, 1.807) is 20.8 Å². The van der Waals surface area contributed by atoms with E-state index in [2.05, 4.69) is 11.9 Å². The van der Waals surface area contributed by atoms with Gasteiger partial charge in [0.1, 0.15) is 18.0 Å². The molecule has 18 heavy (non-hydrogen) atoms. The summed E-state index contributed by atoms with van der Waals surface area (Å²) in [6.45, 7) is 10.3. The van der Waals surface area contributed by atoms with Gasteiger partial charge < -0.3 is 24.6 Å². The number of aliphatic hydroxyl groups is 1. The van der Waals surface area contributed by atoms with Gasteiger partial charge in [0.15, 0.2) is 0 Å². The molecule has 0 aliphatic carbocycles. The molecule has 0 aromatic carbocycles. The van der Waals surface area contributed by atoms with Crippen LogP contribution in [0.1, 0.15) is 20.8 Å². The molecular formula is C12H23NO5. The van der Waals surface area contributed by atoms with Gasteiger partial charge in [-0.1, -0.05) is 6.58 Å². The van der Waals surface area contributed by atoms with Crippen molar-refractivity contribution in [3.63, 3.8) is 0 Å². The average Bonchev–Trinajstić information content (AvgIpc) is 2.18. The van der Waals surface area contributed by atoms with E-state index in [0.29, 0.717) is 26.4 Å². The van der Waals surface area contributed by atoms with Crippen molar-refractivity contribution in [2.45, 2.75) is 26.4 Å². The number of alkyl carbamates (subject to hydrolysis) is 1. The van der Waals surface area contributed by atoms with Crippen LogP contribution in [0, 0.1) is 0 Å². The predicted octanol–water partition coefficient (Wildman–Crippen LogP) is 1.62. The summed E-state index contributed by atoms with van der Waals surface area (Å²) >= 11 is 0. The highest BCUT2D eigenvalue weighted by Crippen LogP contribution is 2.05. The molecule has 0 aromatic rings. The van der Waals surface area contributed by atoms with Crippen molar-refractivity contribution in [1.29, 1.82) is 0 Å². The molecule has 0 aliphatic heterocycles. The highest BCUT2D eigenvalue weighted by molar-refractivity contribution is 5.67. The van der Waals surface area contributed by atoms with Gasteiger partial charge in [0, 0.05) is 6.54 Å². The summed E-state index contributed by atoms with van der Waals surface area (Å²) in [5.41, 5.74) is -0.495. The third kappa shape index (κ3) is 12.8. The minimum absolute atomic E-state index is 0.0124. The Hall–Kier alpha value is -1.27. The van der Waals surface area contributed by atoms with E-state index in [4.69, 9.17) is 19.3 Å². The van der Waals surface area contributed by atoms with E-state index in [0.717, 1.165) is 0 Å². The summed E-state index contributed by atoms with van der Waals surface area (Å²) in [7, 11) is 0. The van der Waals surface area contributed by atoms with Gasteiger partial charge in [-0.05, 0) is 20.8 Å². The molecule has 0 spiro atoms. The van der Waals surface area contributed by atoms with Crippen LogP contribution < -0.4 is 5.32 Å². The first-order chi connectivity index (χ1) is 8.31. The fraction of sp³-hybridized carbons (Fsp3) is 0.750. The van der Waals surface area contributed by atoms with Gasteiger partial charge in [-0.2, -0.15) is 0 Å². The van der Waals surface area contributed by atoms with Crippen LogP contribution in [-0.4, -0.2) is 49.8 Å². The van der Waals surface area contributed by atoms with Crippen LogP contribution in [-0.2, 0) is 14.2 Å². The molecule has 6 heteroatoms. The maximum Gasteiger partial charge on any atom is 0.407 e. The SMILES string of the molecule is C=C(O)COCCOCCNC(=O)OC(C)(C)C. The van der Waals surface area contributed by atoms with Gasteiger partial charge in [-0.25, -0.2) is 4.79 Å². The number of carbonyl (C=O) groups is 1. The number of carbonyl (C=O) groups excluding carboxylic acids is 1. The summed E-state index contributed by atoms with van der Waals surface area (Å²) in [6.07, 6.45) is -0.459. The van der Waals surface area contributed by atoms with Crippen molar-refractivity contribution in [3.05, 3.63) is 12.3 Å². The van der Waals surface area contributed by atoms with Crippen LogP contribution in [0.4, 0.5) is 4.79 Å². The van der Waals surface area contributed by atoms with Crippen molar-refractivity contribution >= 4 is 6.09 Å². The number of aliphatic hydroxyl groups excluding tert-OH is 1. The Kier molecular flexibility index (Phi) is 8.15. The second kappa shape index (κ2) is 8.77. The molecule has 2 N–H and O–H groups in total. The third-order valence-corrected chi connectivity index (χ3v) is 1.56. The van der Waals surface area contributed by atoms with Crippen LogP contribution in [0.3, 0.4) is 0 Å².